The van der Waals surface area contributed by atoms with E-state index in [9.17, 15) is 4.79 Å². The molecule has 3 aliphatic rings. The Hall–Kier alpha value is -1.91. The summed E-state index contributed by atoms with van der Waals surface area (Å²) >= 11 is 0. The lowest BCUT2D eigenvalue weighted by Gasteiger charge is -2.30. The average Bonchev–Trinajstić information content (AvgIpc) is 3.50. The monoisotopic (exact) mass is 330 g/mol. The van der Waals surface area contributed by atoms with Gasteiger partial charge in [0.25, 0.3) is 0 Å². The molecule has 5 heteroatoms. The molecule has 0 unspecified atom stereocenters. The van der Waals surface area contributed by atoms with Gasteiger partial charge in [0.05, 0.1) is 19.8 Å². The summed E-state index contributed by atoms with van der Waals surface area (Å²) in [6.07, 6.45) is 5.90. The molecule has 0 bridgehead atoms. The maximum Gasteiger partial charge on any atom is 0.317 e. The van der Waals surface area contributed by atoms with Crippen molar-refractivity contribution in [2.45, 2.75) is 38.1 Å². The van der Waals surface area contributed by atoms with E-state index in [4.69, 9.17) is 9.47 Å². The normalized spacial score (nSPS) is 22.3. The predicted octanol–water partition coefficient (Wildman–Crippen LogP) is 3.35. The minimum atomic E-state index is 0.0214. The quantitative estimate of drug-likeness (QED) is 0.870. The van der Waals surface area contributed by atoms with Gasteiger partial charge >= 0.3 is 6.03 Å². The van der Waals surface area contributed by atoms with Crippen LogP contribution in [0.3, 0.4) is 0 Å². The summed E-state index contributed by atoms with van der Waals surface area (Å²) in [6, 6.07) is 5.94. The molecular formula is C19H26N2O3. The second-order valence-corrected chi connectivity index (χ2v) is 7.33. The molecule has 0 spiro atoms. The molecule has 1 heterocycles. The van der Waals surface area contributed by atoms with Gasteiger partial charge in [-0.05, 0) is 49.7 Å². The van der Waals surface area contributed by atoms with Crippen LogP contribution in [0.2, 0.25) is 0 Å². The number of carbonyl (C=O) groups excluding carboxylic acids is 1. The lowest BCUT2D eigenvalue weighted by atomic mass is 10.0. The number of benzene rings is 1. The lowest BCUT2D eigenvalue weighted by molar-refractivity contribution is 0.181. The van der Waals surface area contributed by atoms with Gasteiger partial charge in [-0.1, -0.05) is 0 Å². The number of methoxy groups -OCH3 is 1. The van der Waals surface area contributed by atoms with Crippen LogP contribution in [0.1, 0.15) is 43.7 Å². The van der Waals surface area contributed by atoms with E-state index in [-0.39, 0.29) is 12.1 Å². The smallest absolute Gasteiger partial charge is 0.317 e. The number of nitrogens with zero attached hydrogens (tertiary/aromatic N) is 1. The molecule has 0 aromatic heterocycles. The number of nitrogens with one attached hydrogen (secondary N) is 1. The maximum absolute atomic E-state index is 12.8. The highest BCUT2D eigenvalue weighted by molar-refractivity contribution is 5.75. The highest BCUT2D eigenvalue weighted by atomic mass is 16.5. The second-order valence-electron chi connectivity index (χ2n) is 7.33. The fourth-order valence-electron chi connectivity index (χ4n) is 3.35. The first-order valence-electron chi connectivity index (χ1n) is 9.09. The van der Waals surface area contributed by atoms with Crippen molar-refractivity contribution < 1.29 is 14.3 Å². The maximum atomic E-state index is 12.8. The van der Waals surface area contributed by atoms with Gasteiger partial charge in [0, 0.05) is 31.1 Å². The fourth-order valence-corrected chi connectivity index (χ4v) is 3.35. The summed E-state index contributed by atoms with van der Waals surface area (Å²) < 4.78 is 11.0. The van der Waals surface area contributed by atoms with E-state index in [1.807, 2.05) is 23.1 Å². The van der Waals surface area contributed by atoms with Crippen molar-refractivity contribution in [2.24, 2.45) is 11.8 Å². The summed E-state index contributed by atoms with van der Waals surface area (Å²) in [7, 11) is 1.65. The molecule has 130 valence electrons. The summed E-state index contributed by atoms with van der Waals surface area (Å²) in [4.78, 5) is 14.9. The first-order valence-corrected chi connectivity index (χ1v) is 9.09. The van der Waals surface area contributed by atoms with Crippen LogP contribution >= 0.6 is 0 Å². The van der Waals surface area contributed by atoms with Gasteiger partial charge in [-0.2, -0.15) is 0 Å². The van der Waals surface area contributed by atoms with Crippen molar-refractivity contribution in [2.75, 3.05) is 26.8 Å². The van der Waals surface area contributed by atoms with Crippen molar-refractivity contribution in [3.8, 4) is 11.5 Å². The standard InChI is InChI=1S/C19H26N2O3/c1-23-15-6-7-16-17(8-9-24-18(16)10-15)20-19(22)21(11-13-2-3-13)12-14-4-5-14/h6-7,10,13-14,17H,2-5,8-9,11-12H2,1H3,(H,20,22)/t17-/m1/s1. The molecule has 1 N–H and O–H groups in total. The van der Waals surface area contributed by atoms with E-state index in [0.717, 1.165) is 48.4 Å². The summed E-state index contributed by atoms with van der Waals surface area (Å²) in [5, 5.41) is 3.25. The Morgan fingerprint density at radius 1 is 1.21 bits per heavy atom. The number of rotatable bonds is 6. The first kappa shape index (κ1) is 15.6. The van der Waals surface area contributed by atoms with Crippen LogP contribution in [-0.2, 0) is 0 Å². The zero-order valence-corrected chi connectivity index (χ0v) is 14.3. The molecular weight excluding hydrogens is 304 g/mol. The van der Waals surface area contributed by atoms with Gasteiger partial charge < -0.3 is 19.7 Å². The minimum absolute atomic E-state index is 0.0214. The third kappa shape index (κ3) is 3.60. The van der Waals surface area contributed by atoms with Gasteiger partial charge in [0.15, 0.2) is 0 Å². The number of amides is 2. The number of hydrogen-bond acceptors (Lipinski definition) is 3. The van der Waals surface area contributed by atoms with Crippen LogP contribution < -0.4 is 14.8 Å². The Morgan fingerprint density at radius 3 is 2.54 bits per heavy atom. The Morgan fingerprint density at radius 2 is 1.92 bits per heavy atom. The van der Waals surface area contributed by atoms with Gasteiger partial charge in [0.1, 0.15) is 11.5 Å². The number of fused-ring (bicyclic) bond motifs is 1. The summed E-state index contributed by atoms with van der Waals surface area (Å²) in [5.41, 5.74) is 1.05. The van der Waals surface area contributed by atoms with Gasteiger partial charge in [-0.25, -0.2) is 4.79 Å². The zero-order valence-electron chi connectivity index (χ0n) is 14.3. The number of hydrogen-bond donors (Lipinski definition) is 1. The topological polar surface area (TPSA) is 50.8 Å². The molecule has 24 heavy (non-hydrogen) atoms. The third-order valence-corrected chi connectivity index (χ3v) is 5.20. The van der Waals surface area contributed by atoms with Gasteiger partial charge in [-0.3, -0.25) is 0 Å². The van der Waals surface area contributed by atoms with Crippen molar-refractivity contribution in [1.29, 1.82) is 0 Å². The van der Waals surface area contributed by atoms with E-state index >= 15 is 0 Å². The summed E-state index contributed by atoms with van der Waals surface area (Å²) in [5.74, 6) is 3.05. The Labute approximate surface area is 143 Å². The molecule has 1 atom stereocenters. The van der Waals surface area contributed by atoms with Crippen molar-refractivity contribution in [3.05, 3.63) is 23.8 Å². The predicted molar refractivity (Wildman–Crippen MR) is 91.4 cm³/mol. The van der Waals surface area contributed by atoms with Crippen LogP contribution in [0.25, 0.3) is 0 Å². The van der Waals surface area contributed by atoms with E-state index in [2.05, 4.69) is 5.32 Å². The van der Waals surface area contributed by atoms with E-state index < -0.39 is 0 Å². The fraction of sp³-hybridized carbons (Fsp3) is 0.632. The largest absolute Gasteiger partial charge is 0.497 e. The zero-order chi connectivity index (χ0) is 16.5. The van der Waals surface area contributed by atoms with Crippen LogP contribution in [0.4, 0.5) is 4.79 Å². The van der Waals surface area contributed by atoms with Crippen molar-refractivity contribution >= 4 is 6.03 Å². The second kappa shape index (κ2) is 6.54. The number of carbonyl (C=O) groups is 1. The van der Waals surface area contributed by atoms with Crippen LogP contribution in [0.15, 0.2) is 18.2 Å². The summed E-state index contributed by atoms with van der Waals surface area (Å²) in [6.45, 7) is 2.46. The van der Waals surface area contributed by atoms with Gasteiger partial charge in [-0.15, -0.1) is 0 Å². The van der Waals surface area contributed by atoms with Crippen LogP contribution in [-0.4, -0.2) is 37.7 Å². The molecule has 1 aliphatic heterocycles. The molecule has 2 aliphatic carbocycles. The van der Waals surface area contributed by atoms with Gasteiger partial charge in [0.2, 0.25) is 0 Å². The molecule has 0 saturated heterocycles. The highest BCUT2D eigenvalue weighted by Crippen LogP contribution is 2.36. The van der Waals surface area contributed by atoms with Crippen molar-refractivity contribution in [1.82, 2.24) is 10.2 Å². The first-order chi connectivity index (χ1) is 11.7. The highest BCUT2D eigenvalue weighted by Gasteiger charge is 2.33. The minimum Gasteiger partial charge on any atom is -0.497 e. The molecule has 4 rings (SSSR count). The number of urea groups is 1. The van der Waals surface area contributed by atoms with Crippen LogP contribution in [0, 0.1) is 11.8 Å². The molecule has 1 aromatic carbocycles. The van der Waals surface area contributed by atoms with E-state index in [1.54, 1.807) is 7.11 Å². The third-order valence-electron chi connectivity index (χ3n) is 5.20. The Balaban J connectivity index is 1.44. The van der Waals surface area contributed by atoms with Crippen molar-refractivity contribution in [3.63, 3.8) is 0 Å². The molecule has 2 saturated carbocycles. The Kier molecular flexibility index (Phi) is 4.25. The Bertz CT molecular complexity index is 597. The van der Waals surface area contributed by atoms with E-state index in [1.165, 1.54) is 25.7 Å². The molecule has 2 amide bonds. The number of ether oxygens (including phenoxy) is 2. The SMILES string of the molecule is COc1ccc2c(c1)OCC[C@H]2NC(=O)N(CC1CC1)CC1CC1. The average molecular weight is 330 g/mol. The van der Waals surface area contributed by atoms with E-state index in [0.29, 0.717) is 6.61 Å². The molecule has 1 aromatic rings. The molecule has 2 fully saturated rings. The van der Waals surface area contributed by atoms with Crippen LogP contribution in [0.5, 0.6) is 11.5 Å². The molecule has 5 nitrogen and oxygen atoms in total. The molecule has 0 radical (unpaired) electrons. The lowest BCUT2D eigenvalue weighted by Crippen LogP contribution is -2.44.